The molecule has 1 N–H and O–H groups in total. The number of ether oxygens (including phenoxy) is 1. The summed E-state index contributed by atoms with van der Waals surface area (Å²) in [6, 6.07) is 7.00. The smallest absolute Gasteiger partial charge is 0.119 e. The minimum atomic E-state index is 0.705. The molecule has 2 nitrogen and oxygen atoms in total. The summed E-state index contributed by atoms with van der Waals surface area (Å²) in [7, 11) is 1.74. The number of hydrogen-bond acceptors (Lipinski definition) is 2. The molecule has 0 aliphatic heterocycles. The average Bonchev–Trinajstić information content (AvgIpc) is 2.67. The Morgan fingerprint density at radius 2 is 2.10 bits per heavy atom. The lowest BCUT2D eigenvalue weighted by atomic mass is 9.91. The summed E-state index contributed by atoms with van der Waals surface area (Å²) < 4.78 is 6.56. The quantitative estimate of drug-likeness (QED) is 0.794. The van der Waals surface area contributed by atoms with E-state index in [2.05, 4.69) is 40.3 Å². The number of rotatable bonds is 5. The van der Waals surface area contributed by atoms with Crippen molar-refractivity contribution in [2.24, 2.45) is 5.92 Å². The zero-order valence-corrected chi connectivity index (χ0v) is 14.2. The Balaban J connectivity index is 2.03. The summed E-state index contributed by atoms with van der Waals surface area (Å²) in [5.41, 5.74) is 1.38. The van der Waals surface area contributed by atoms with E-state index in [0.29, 0.717) is 6.04 Å². The van der Waals surface area contributed by atoms with Gasteiger partial charge in [-0.1, -0.05) is 42.1 Å². The minimum Gasteiger partial charge on any atom is -0.497 e. The fourth-order valence-electron chi connectivity index (χ4n) is 3.27. The summed E-state index contributed by atoms with van der Waals surface area (Å²) in [5.74, 6) is 1.74. The van der Waals surface area contributed by atoms with Crippen LogP contribution < -0.4 is 10.1 Å². The van der Waals surface area contributed by atoms with E-state index in [1.807, 2.05) is 6.07 Å². The van der Waals surface area contributed by atoms with Gasteiger partial charge in [-0.05, 0) is 55.5 Å². The van der Waals surface area contributed by atoms with Gasteiger partial charge in [0, 0.05) is 10.5 Å². The minimum absolute atomic E-state index is 0.705. The van der Waals surface area contributed by atoms with Crippen LogP contribution in [0.25, 0.3) is 0 Å². The lowest BCUT2D eigenvalue weighted by Gasteiger charge is -2.21. The van der Waals surface area contributed by atoms with Gasteiger partial charge in [0.1, 0.15) is 5.75 Å². The third-order valence-electron chi connectivity index (χ3n) is 4.29. The Hall–Kier alpha value is -0.540. The molecular formula is C17H26BrNO. The highest BCUT2D eigenvalue weighted by atomic mass is 79.9. The maximum Gasteiger partial charge on any atom is 0.119 e. The van der Waals surface area contributed by atoms with Gasteiger partial charge in [-0.15, -0.1) is 0 Å². The van der Waals surface area contributed by atoms with Gasteiger partial charge in [0.2, 0.25) is 0 Å². The molecule has 20 heavy (non-hydrogen) atoms. The molecule has 1 aromatic rings. The normalized spacial score (nSPS) is 23.4. The first-order chi connectivity index (χ1) is 9.72. The van der Waals surface area contributed by atoms with Crippen molar-refractivity contribution in [3.05, 3.63) is 28.2 Å². The highest BCUT2D eigenvalue weighted by Gasteiger charge is 2.20. The predicted octanol–water partition coefficient (Wildman–Crippen LogP) is 4.56. The molecule has 0 saturated heterocycles. The van der Waals surface area contributed by atoms with E-state index in [9.17, 15) is 0 Å². The van der Waals surface area contributed by atoms with Crippen molar-refractivity contribution in [3.8, 4) is 5.75 Å². The third-order valence-corrected chi connectivity index (χ3v) is 5.06. The van der Waals surface area contributed by atoms with Gasteiger partial charge in [-0.2, -0.15) is 0 Å². The Morgan fingerprint density at radius 3 is 2.85 bits per heavy atom. The Morgan fingerprint density at radius 1 is 1.30 bits per heavy atom. The van der Waals surface area contributed by atoms with Gasteiger partial charge in [0.25, 0.3) is 0 Å². The second kappa shape index (κ2) is 8.04. The molecule has 112 valence electrons. The van der Waals surface area contributed by atoms with Crippen molar-refractivity contribution < 1.29 is 4.74 Å². The van der Waals surface area contributed by atoms with Gasteiger partial charge < -0.3 is 10.1 Å². The second-order valence-corrected chi connectivity index (χ2v) is 6.66. The second-order valence-electron chi connectivity index (χ2n) is 5.80. The molecule has 3 heteroatoms. The molecule has 1 fully saturated rings. The number of methoxy groups -OCH3 is 1. The summed E-state index contributed by atoms with van der Waals surface area (Å²) in [4.78, 5) is 0. The fraction of sp³-hybridized carbons (Fsp3) is 0.647. The largest absolute Gasteiger partial charge is 0.497 e. The SMILES string of the molecule is CCNC1CCCCC(Cc2cc(OC)ccc2Br)C1. The van der Waals surface area contributed by atoms with Gasteiger partial charge >= 0.3 is 0 Å². The molecular weight excluding hydrogens is 314 g/mol. The van der Waals surface area contributed by atoms with Gasteiger partial charge in [-0.3, -0.25) is 0 Å². The molecule has 1 aliphatic carbocycles. The van der Waals surface area contributed by atoms with E-state index in [4.69, 9.17) is 4.74 Å². The van der Waals surface area contributed by atoms with Crippen LogP contribution in [0.1, 0.15) is 44.6 Å². The molecule has 1 saturated carbocycles. The molecule has 2 rings (SSSR count). The molecule has 0 heterocycles. The van der Waals surface area contributed by atoms with Crippen molar-refractivity contribution in [2.45, 2.75) is 51.5 Å². The van der Waals surface area contributed by atoms with E-state index < -0.39 is 0 Å². The van der Waals surface area contributed by atoms with Crippen molar-refractivity contribution >= 4 is 15.9 Å². The molecule has 0 aromatic heterocycles. The molecule has 0 spiro atoms. The highest BCUT2D eigenvalue weighted by Crippen LogP contribution is 2.30. The topological polar surface area (TPSA) is 21.3 Å². The fourth-order valence-corrected chi connectivity index (χ4v) is 3.68. The summed E-state index contributed by atoms with van der Waals surface area (Å²) in [6.45, 7) is 3.29. The Kier molecular flexibility index (Phi) is 6.37. The molecule has 2 unspecified atom stereocenters. The van der Waals surface area contributed by atoms with Crippen LogP contribution >= 0.6 is 15.9 Å². The molecule has 0 bridgehead atoms. The number of hydrogen-bond donors (Lipinski definition) is 1. The lowest BCUT2D eigenvalue weighted by Crippen LogP contribution is -2.30. The standard InChI is InChI=1S/C17H26BrNO/c1-3-19-15-7-5-4-6-13(11-15)10-14-12-16(20-2)8-9-17(14)18/h8-9,12-13,15,19H,3-7,10-11H2,1-2H3. The van der Waals surface area contributed by atoms with E-state index in [0.717, 1.165) is 24.6 Å². The zero-order chi connectivity index (χ0) is 14.4. The van der Waals surface area contributed by atoms with Crippen LogP contribution in [-0.4, -0.2) is 19.7 Å². The van der Waals surface area contributed by atoms with E-state index in [1.165, 1.54) is 42.1 Å². The van der Waals surface area contributed by atoms with Gasteiger partial charge in [-0.25, -0.2) is 0 Å². The maximum atomic E-state index is 5.35. The first-order valence-electron chi connectivity index (χ1n) is 7.78. The van der Waals surface area contributed by atoms with E-state index in [1.54, 1.807) is 7.11 Å². The Bertz CT molecular complexity index is 421. The molecule has 1 aromatic carbocycles. The van der Waals surface area contributed by atoms with Gasteiger partial charge in [0.15, 0.2) is 0 Å². The van der Waals surface area contributed by atoms with Crippen molar-refractivity contribution in [1.82, 2.24) is 5.32 Å². The summed E-state index contributed by atoms with van der Waals surface area (Å²) in [6.07, 6.45) is 7.88. The van der Waals surface area contributed by atoms with E-state index >= 15 is 0 Å². The van der Waals surface area contributed by atoms with Crippen LogP contribution in [-0.2, 0) is 6.42 Å². The monoisotopic (exact) mass is 339 g/mol. The molecule has 1 aliphatic rings. The van der Waals surface area contributed by atoms with Crippen LogP contribution in [0, 0.1) is 5.92 Å². The van der Waals surface area contributed by atoms with Crippen molar-refractivity contribution in [1.29, 1.82) is 0 Å². The number of halogens is 1. The first kappa shape index (κ1) is 15.8. The lowest BCUT2D eigenvalue weighted by molar-refractivity contribution is 0.387. The maximum absolute atomic E-state index is 5.35. The zero-order valence-electron chi connectivity index (χ0n) is 12.6. The Labute approximate surface area is 131 Å². The van der Waals surface area contributed by atoms with Crippen LogP contribution in [0.5, 0.6) is 5.75 Å². The third kappa shape index (κ3) is 4.49. The van der Waals surface area contributed by atoms with Crippen LogP contribution in [0.4, 0.5) is 0 Å². The highest BCUT2D eigenvalue weighted by molar-refractivity contribution is 9.10. The molecule has 2 atom stereocenters. The number of benzene rings is 1. The van der Waals surface area contributed by atoms with E-state index in [-0.39, 0.29) is 0 Å². The van der Waals surface area contributed by atoms with Crippen LogP contribution in [0.15, 0.2) is 22.7 Å². The predicted molar refractivity (Wildman–Crippen MR) is 88.4 cm³/mol. The summed E-state index contributed by atoms with van der Waals surface area (Å²) >= 11 is 3.68. The molecule has 0 radical (unpaired) electrons. The first-order valence-corrected chi connectivity index (χ1v) is 8.58. The van der Waals surface area contributed by atoms with Crippen molar-refractivity contribution in [2.75, 3.05) is 13.7 Å². The number of nitrogens with one attached hydrogen (secondary N) is 1. The van der Waals surface area contributed by atoms with Crippen LogP contribution in [0.3, 0.4) is 0 Å². The van der Waals surface area contributed by atoms with Crippen molar-refractivity contribution in [3.63, 3.8) is 0 Å². The summed E-state index contributed by atoms with van der Waals surface area (Å²) in [5, 5.41) is 3.64. The molecule has 0 amide bonds. The average molecular weight is 340 g/mol. The van der Waals surface area contributed by atoms with Crippen LogP contribution in [0.2, 0.25) is 0 Å². The van der Waals surface area contributed by atoms with Gasteiger partial charge in [0.05, 0.1) is 7.11 Å².